The second-order valence-corrected chi connectivity index (χ2v) is 14.6. The van der Waals surface area contributed by atoms with Crippen molar-refractivity contribution in [3.8, 4) is 0 Å². The van der Waals surface area contributed by atoms with Gasteiger partial charge in [-0.05, 0) is 93.9 Å². The van der Waals surface area contributed by atoms with Crippen LogP contribution in [0.4, 0.5) is 17.2 Å². The van der Waals surface area contributed by atoms with Crippen molar-refractivity contribution in [3.63, 3.8) is 0 Å². The maximum atomic E-state index is 11.7. The van der Waals surface area contributed by atoms with Gasteiger partial charge in [0.1, 0.15) is 15.9 Å². The summed E-state index contributed by atoms with van der Waals surface area (Å²) in [4.78, 5) is 19.0. The van der Waals surface area contributed by atoms with Gasteiger partial charge < -0.3 is 24.0 Å². The number of benzene rings is 1. The molecule has 15 heteroatoms. The number of allylic oxidation sites excluding steroid dienone is 5. The van der Waals surface area contributed by atoms with Crippen molar-refractivity contribution in [1.82, 2.24) is 0 Å². The van der Waals surface area contributed by atoms with Gasteiger partial charge in [0.2, 0.25) is 0 Å². The number of hydrogen-bond donors (Lipinski definition) is 1. The molecular formula is C32H39KN4O8S2. The number of aliphatic carboxylic acids is 1. The molecule has 1 aromatic carbocycles. The maximum absolute atomic E-state index is 11.7. The topological polar surface area (TPSA) is 174 Å². The third-order valence-corrected chi connectivity index (χ3v) is 9.68. The standard InChI is InChI=1S/C32H40N4O8S2.K/c1-4-35-26-18-17-24(46(42,43)44)23-27(26)36(21-12-22-45(39,40)41)29(35)15-8-5-7-14-28-32(2,3)25-13-11-20-34(31(25)33-28)19-10-6-9-16-30(37)38;/h5,7-8,11,13-15,17-18,20,23H,4,6,9-10,12,16,19,21-22H2,1-3H3,(H2-,37,38,39,40,41,42,43,44);/q;+1/p-1. The molecule has 2 aliphatic heterocycles. The summed E-state index contributed by atoms with van der Waals surface area (Å²) >= 11 is 0. The van der Waals surface area contributed by atoms with Crippen LogP contribution in [0.3, 0.4) is 0 Å². The van der Waals surface area contributed by atoms with Crippen LogP contribution in [0.5, 0.6) is 0 Å². The van der Waals surface area contributed by atoms with E-state index in [9.17, 15) is 30.7 Å². The van der Waals surface area contributed by atoms with Gasteiger partial charge >= 0.3 is 63.2 Å². The molecule has 0 unspecified atom stereocenters. The van der Waals surface area contributed by atoms with Crippen LogP contribution >= 0.6 is 0 Å². The van der Waals surface area contributed by atoms with E-state index >= 15 is 0 Å². The van der Waals surface area contributed by atoms with Crippen LogP contribution in [0.2, 0.25) is 0 Å². The van der Waals surface area contributed by atoms with Crippen molar-refractivity contribution in [2.24, 2.45) is 4.99 Å². The molecule has 0 atom stereocenters. The number of unbranched alkanes of at least 4 members (excludes halogenated alkanes) is 2. The normalized spacial score (nSPS) is 16.5. The van der Waals surface area contributed by atoms with Gasteiger partial charge in [0.05, 0.1) is 50.1 Å². The largest absolute Gasteiger partial charge is 1.00 e. The molecule has 3 heterocycles. The monoisotopic (exact) mass is 710 g/mol. The number of rotatable bonds is 15. The van der Waals surface area contributed by atoms with Gasteiger partial charge in [-0.3, -0.25) is 4.79 Å². The summed E-state index contributed by atoms with van der Waals surface area (Å²) in [5.41, 5.74) is 2.73. The molecule has 0 radical (unpaired) electrons. The van der Waals surface area contributed by atoms with Crippen LogP contribution in [-0.4, -0.2) is 61.6 Å². The predicted molar refractivity (Wildman–Crippen MR) is 173 cm³/mol. The Morgan fingerprint density at radius 3 is 2.40 bits per heavy atom. The molecule has 0 saturated carbocycles. The van der Waals surface area contributed by atoms with E-state index in [1.807, 2.05) is 42.3 Å². The fourth-order valence-corrected chi connectivity index (χ4v) is 6.68. The van der Waals surface area contributed by atoms with E-state index in [-0.39, 0.29) is 76.2 Å². The van der Waals surface area contributed by atoms with Crippen molar-refractivity contribution in [2.45, 2.75) is 69.7 Å². The van der Waals surface area contributed by atoms with E-state index in [1.165, 1.54) is 12.1 Å². The fourth-order valence-electron chi connectivity index (χ4n) is 5.70. The smallest absolute Gasteiger partial charge is 0.748 e. The zero-order valence-corrected chi connectivity index (χ0v) is 31.9. The molecule has 4 rings (SSSR count). The first-order valence-corrected chi connectivity index (χ1v) is 18.1. The number of carboxylic acid groups (broad SMARTS) is 1. The van der Waals surface area contributed by atoms with Crippen molar-refractivity contribution in [2.75, 3.05) is 28.6 Å². The van der Waals surface area contributed by atoms with Crippen LogP contribution in [-0.2, 0) is 37.0 Å². The first kappa shape index (κ1) is 39.2. The molecule has 0 amide bonds. The number of fused-ring (bicyclic) bond motifs is 2. The number of carboxylic acids is 1. The molecule has 1 N–H and O–H groups in total. The van der Waals surface area contributed by atoms with Crippen molar-refractivity contribution < 1.29 is 91.8 Å². The Bertz CT molecular complexity index is 1820. The molecule has 2 aliphatic rings. The van der Waals surface area contributed by atoms with E-state index in [2.05, 4.69) is 24.5 Å². The Labute approximate surface area is 319 Å². The summed E-state index contributed by atoms with van der Waals surface area (Å²) in [6.07, 6.45) is 13.7. The van der Waals surface area contributed by atoms with E-state index in [0.29, 0.717) is 30.2 Å². The Morgan fingerprint density at radius 1 is 1.00 bits per heavy atom. The first-order valence-electron chi connectivity index (χ1n) is 15.1. The van der Waals surface area contributed by atoms with E-state index in [0.717, 1.165) is 36.5 Å². The van der Waals surface area contributed by atoms with Gasteiger partial charge in [0.15, 0.2) is 5.71 Å². The summed E-state index contributed by atoms with van der Waals surface area (Å²) in [5, 5.41) is 8.87. The average molecular weight is 711 g/mol. The second kappa shape index (κ2) is 16.5. The molecule has 2 aromatic rings. The Balaban J connectivity index is 0.00000600. The van der Waals surface area contributed by atoms with E-state index < -0.39 is 36.9 Å². The third-order valence-electron chi connectivity index (χ3n) is 8.06. The van der Waals surface area contributed by atoms with Gasteiger partial charge in [-0.25, -0.2) is 21.4 Å². The zero-order valence-electron chi connectivity index (χ0n) is 27.1. The number of anilines is 2. The molecule has 47 heavy (non-hydrogen) atoms. The summed E-state index contributed by atoms with van der Waals surface area (Å²) in [6.45, 7) is 7.48. The minimum absolute atomic E-state index is 0. The number of aromatic nitrogens is 1. The maximum Gasteiger partial charge on any atom is 1.00 e. The molecule has 0 bridgehead atoms. The van der Waals surface area contributed by atoms with Crippen molar-refractivity contribution in [1.29, 1.82) is 0 Å². The summed E-state index contributed by atoms with van der Waals surface area (Å²) in [5.74, 6) is 0.159. The Kier molecular flexibility index (Phi) is 13.7. The number of carbonyl (C=O) groups is 1. The second-order valence-electron chi connectivity index (χ2n) is 11.7. The Morgan fingerprint density at radius 2 is 1.74 bits per heavy atom. The summed E-state index contributed by atoms with van der Waals surface area (Å²) < 4.78 is 71.0. The minimum atomic E-state index is -4.72. The van der Waals surface area contributed by atoms with Crippen LogP contribution in [0.15, 0.2) is 82.6 Å². The molecule has 1 aromatic heterocycles. The number of nitrogens with zero attached hydrogens (tertiary/aromatic N) is 4. The minimum Gasteiger partial charge on any atom is -0.748 e. The number of pyridine rings is 1. The van der Waals surface area contributed by atoms with Gasteiger partial charge in [-0.1, -0.05) is 18.2 Å². The quantitative estimate of drug-likeness (QED) is 0.0928. The first-order chi connectivity index (χ1) is 21.6. The zero-order chi connectivity index (χ0) is 33.7. The Hall–Kier alpha value is -2.21. The van der Waals surface area contributed by atoms with Crippen LogP contribution in [0.1, 0.15) is 58.4 Å². The predicted octanol–water partition coefficient (Wildman–Crippen LogP) is 1.13. The van der Waals surface area contributed by atoms with Gasteiger partial charge in [-0.2, -0.15) is 0 Å². The molecule has 0 fully saturated rings. The number of hydrogen-bond acceptors (Lipinski definition) is 10. The van der Waals surface area contributed by atoms with Crippen LogP contribution < -0.4 is 65.8 Å². The van der Waals surface area contributed by atoms with Crippen LogP contribution in [0.25, 0.3) is 0 Å². The summed E-state index contributed by atoms with van der Waals surface area (Å²) in [6, 6.07) is 8.13. The van der Waals surface area contributed by atoms with Crippen LogP contribution in [0, 0.1) is 0 Å². The van der Waals surface area contributed by atoms with E-state index in [1.54, 1.807) is 23.1 Å². The van der Waals surface area contributed by atoms with E-state index in [4.69, 9.17) is 10.1 Å². The molecular weight excluding hydrogens is 672 g/mol. The van der Waals surface area contributed by atoms with Gasteiger partial charge in [0, 0.05) is 25.3 Å². The SMILES string of the molecule is CCN1\C(=C/C=C/C=C/C2=Nc3c(ccc[n+]3CCCCCC(=O)O)C2(C)C)N(CCCS(=O)(=O)[O-])c2cc(S(=O)(=O)[O-])ccc21.[K+]. The molecule has 0 aliphatic carbocycles. The molecule has 0 spiro atoms. The average Bonchev–Trinajstić information content (AvgIpc) is 3.41. The third kappa shape index (κ3) is 9.92. The van der Waals surface area contributed by atoms with Crippen molar-refractivity contribution in [3.05, 3.63) is 78.3 Å². The van der Waals surface area contributed by atoms with Gasteiger partial charge in [-0.15, -0.1) is 0 Å². The molecule has 12 nitrogen and oxygen atoms in total. The number of aliphatic imine (C=N–C) groups is 1. The number of aryl methyl sites for hydroxylation is 1. The summed E-state index contributed by atoms with van der Waals surface area (Å²) in [7, 11) is -9.17. The molecule has 248 valence electrons. The molecule has 0 saturated heterocycles. The fraction of sp³-hybridized carbons (Fsp3) is 0.406. The van der Waals surface area contributed by atoms with Gasteiger partial charge in [0.25, 0.3) is 0 Å². The van der Waals surface area contributed by atoms with Crippen molar-refractivity contribution >= 4 is 49.1 Å².